The van der Waals surface area contributed by atoms with Crippen LogP contribution in [0.15, 0.2) is 0 Å². The van der Waals surface area contributed by atoms with Gasteiger partial charge in [0.2, 0.25) is 0 Å². The maximum atomic E-state index is 11.1. The maximum absolute atomic E-state index is 11.1. The van der Waals surface area contributed by atoms with E-state index in [2.05, 4.69) is 0 Å². The first-order valence-corrected chi connectivity index (χ1v) is 12.4. The molecule has 0 aromatic rings. The molecule has 0 bridgehead atoms. The molecule has 3 aliphatic rings. The molecule has 1 aliphatic carbocycles. The molecule has 0 spiro atoms. The molecule has 16 heteroatoms. The number of nitrogens with two attached hydrogens (primary N) is 5. The Labute approximate surface area is 214 Å². The molecule has 0 radical (unpaired) electrons. The van der Waals surface area contributed by atoms with Gasteiger partial charge in [-0.05, 0) is 13.3 Å². The van der Waals surface area contributed by atoms with E-state index < -0.39 is 97.8 Å². The third-order valence-electron chi connectivity index (χ3n) is 7.15. The molecule has 2 aliphatic heterocycles. The van der Waals surface area contributed by atoms with Gasteiger partial charge < -0.3 is 83.0 Å². The first-order valence-electron chi connectivity index (χ1n) is 12.4. The van der Waals surface area contributed by atoms with E-state index in [1.807, 2.05) is 0 Å². The molecule has 0 aromatic heterocycles. The SMILES string of the molecule is C[C@H]1O[C@H](O[C@@H]2[C@@H](O)[C@H](O[C@H]3O[C@H](CN)[C@@H](O)[C@H](O)[C@H]3N)[C@@H](N)C[C@H]2N)[C@H](O)[C@@H](O)[C@@H]1OC[C@@H](O)CN. The average molecular weight is 542 g/mol. The fourth-order valence-electron chi connectivity index (χ4n) is 4.86. The second kappa shape index (κ2) is 13.1. The van der Waals surface area contributed by atoms with Crippen molar-refractivity contribution in [2.24, 2.45) is 28.7 Å². The minimum atomic E-state index is -1.58. The number of hydrogen-bond donors (Lipinski definition) is 11. The largest absolute Gasteiger partial charge is 0.389 e. The third-order valence-corrected chi connectivity index (χ3v) is 7.15. The summed E-state index contributed by atoms with van der Waals surface area (Å²) in [5.41, 5.74) is 29.3. The topological polar surface area (TPSA) is 298 Å². The monoisotopic (exact) mass is 541 g/mol. The van der Waals surface area contributed by atoms with Crippen LogP contribution < -0.4 is 28.7 Å². The van der Waals surface area contributed by atoms with E-state index in [0.29, 0.717) is 0 Å². The van der Waals surface area contributed by atoms with Gasteiger partial charge >= 0.3 is 0 Å². The molecular weight excluding hydrogens is 498 g/mol. The van der Waals surface area contributed by atoms with E-state index in [9.17, 15) is 30.6 Å². The normalized spacial score (nSPS) is 50.1. The van der Waals surface area contributed by atoms with Gasteiger partial charge in [-0.15, -0.1) is 0 Å². The zero-order chi connectivity index (χ0) is 27.6. The number of aliphatic hydroxyl groups excluding tert-OH is 6. The van der Waals surface area contributed by atoms with Crippen LogP contribution in [0.5, 0.6) is 0 Å². The van der Waals surface area contributed by atoms with Gasteiger partial charge in [-0.3, -0.25) is 0 Å². The van der Waals surface area contributed by atoms with Crippen LogP contribution in [-0.2, 0) is 23.7 Å². The summed E-state index contributed by atoms with van der Waals surface area (Å²) in [7, 11) is 0. The summed E-state index contributed by atoms with van der Waals surface area (Å²) in [6.45, 7) is 1.25. The van der Waals surface area contributed by atoms with E-state index in [1.54, 1.807) is 6.92 Å². The highest BCUT2D eigenvalue weighted by molar-refractivity contribution is 5.01. The van der Waals surface area contributed by atoms with Crippen LogP contribution in [0.4, 0.5) is 0 Å². The average Bonchev–Trinajstić information content (AvgIpc) is 2.86. The molecule has 218 valence electrons. The number of aliphatic hydroxyl groups is 6. The Kier molecular flexibility index (Phi) is 11.0. The van der Waals surface area contributed by atoms with Crippen LogP contribution in [0.1, 0.15) is 13.3 Å². The van der Waals surface area contributed by atoms with Crippen LogP contribution in [0.3, 0.4) is 0 Å². The van der Waals surface area contributed by atoms with Crippen molar-refractivity contribution in [1.82, 2.24) is 0 Å². The first-order chi connectivity index (χ1) is 17.4. The van der Waals surface area contributed by atoms with E-state index >= 15 is 0 Å². The summed E-state index contributed by atoms with van der Waals surface area (Å²) < 4.78 is 28.4. The Morgan fingerprint density at radius 3 is 1.95 bits per heavy atom. The molecule has 37 heavy (non-hydrogen) atoms. The quantitative estimate of drug-likeness (QED) is 0.129. The van der Waals surface area contributed by atoms with Crippen molar-refractivity contribution >= 4 is 0 Å². The maximum Gasteiger partial charge on any atom is 0.187 e. The lowest BCUT2D eigenvalue weighted by Crippen LogP contribution is -2.68. The molecule has 16 atom stereocenters. The summed E-state index contributed by atoms with van der Waals surface area (Å²) >= 11 is 0. The van der Waals surface area contributed by atoms with Crippen molar-refractivity contribution < 1.29 is 54.3 Å². The number of rotatable bonds is 9. The van der Waals surface area contributed by atoms with Crippen molar-refractivity contribution in [3.8, 4) is 0 Å². The number of hydrogen-bond acceptors (Lipinski definition) is 16. The molecule has 16 N–H and O–H groups in total. The predicted octanol–water partition coefficient (Wildman–Crippen LogP) is -6.92. The van der Waals surface area contributed by atoms with Crippen molar-refractivity contribution in [2.45, 2.75) is 111 Å². The van der Waals surface area contributed by atoms with Gasteiger partial charge in [0.15, 0.2) is 12.6 Å². The van der Waals surface area contributed by atoms with E-state index in [-0.39, 0.29) is 26.1 Å². The van der Waals surface area contributed by atoms with Gasteiger partial charge in [-0.1, -0.05) is 0 Å². The first kappa shape index (κ1) is 30.9. The van der Waals surface area contributed by atoms with Gasteiger partial charge in [-0.25, -0.2) is 0 Å². The van der Waals surface area contributed by atoms with Crippen LogP contribution >= 0.6 is 0 Å². The Bertz CT molecular complexity index is 714. The smallest absolute Gasteiger partial charge is 0.187 e. The van der Waals surface area contributed by atoms with Gasteiger partial charge in [0.25, 0.3) is 0 Å². The minimum absolute atomic E-state index is 0.0433. The summed E-state index contributed by atoms with van der Waals surface area (Å²) in [6.07, 6.45) is -15.6. The van der Waals surface area contributed by atoms with Crippen molar-refractivity contribution in [1.29, 1.82) is 0 Å². The van der Waals surface area contributed by atoms with Crippen molar-refractivity contribution in [3.05, 3.63) is 0 Å². The molecule has 3 rings (SSSR count). The van der Waals surface area contributed by atoms with Gasteiger partial charge in [0, 0.05) is 25.2 Å². The van der Waals surface area contributed by atoms with Gasteiger partial charge in [0.05, 0.1) is 24.9 Å². The fraction of sp³-hybridized carbons (Fsp3) is 1.00. The lowest BCUT2D eigenvalue weighted by molar-refractivity contribution is -0.331. The van der Waals surface area contributed by atoms with Crippen LogP contribution in [0.25, 0.3) is 0 Å². The van der Waals surface area contributed by atoms with Gasteiger partial charge in [0.1, 0.15) is 54.9 Å². The predicted molar refractivity (Wildman–Crippen MR) is 125 cm³/mol. The summed E-state index contributed by atoms with van der Waals surface area (Å²) in [5.74, 6) is 0. The van der Waals surface area contributed by atoms with Crippen molar-refractivity contribution in [2.75, 3.05) is 19.7 Å². The molecule has 2 heterocycles. The Hall–Kier alpha value is -0.640. The molecule has 0 aromatic carbocycles. The zero-order valence-electron chi connectivity index (χ0n) is 20.7. The van der Waals surface area contributed by atoms with E-state index in [1.165, 1.54) is 0 Å². The van der Waals surface area contributed by atoms with Crippen molar-refractivity contribution in [3.63, 3.8) is 0 Å². The second-order valence-corrected chi connectivity index (χ2v) is 9.97. The van der Waals surface area contributed by atoms with Gasteiger partial charge in [-0.2, -0.15) is 0 Å². The summed E-state index contributed by atoms with van der Waals surface area (Å²) in [5, 5.41) is 62.2. The highest BCUT2D eigenvalue weighted by Gasteiger charge is 2.51. The highest BCUT2D eigenvalue weighted by atomic mass is 16.7. The summed E-state index contributed by atoms with van der Waals surface area (Å²) in [6, 6.07) is -2.75. The molecule has 0 amide bonds. The standard InChI is InChI=1S/C21H43N5O11/c1-6-17(33-5-7(27)3-22)14(30)15(31)21(34-6)37-19-9(25)2-8(24)18(16(19)32)36-20-11(26)13(29)12(28)10(4-23)35-20/h6-21,27-32H,2-5,22-26H2,1H3/t6-,7+,8+,9-,10-,11-,12-,13-,14-,15-,16+,17-,18-,19+,20-,21-/m1/s1. The minimum Gasteiger partial charge on any atom is -0.389 e. The Balaban J connectivity index is 1.67. The van der Waals surface area contributed by atoms with Crippen LogP contribution in [0, 0.1) is 0 Å². The molecule has 0 unspecified atom stereocenters. The lowest BCUT2D eigenvalue weighted by atomic mass is 9.84. The Morgan fingerprint density at radius 1 is 0.784 bits per heavy atom. The zero-order valence-corrected chi connectivity index (χ0v) is 20.7. The third kappa shape index (κ3) is 6.75. The number of ether oxygens (including phenoxy) is 5. The van der Waals surface area contributed by atoms with Crippen LogP contribution in [0.2, 0.25) is 0 Å². The molecular formula is C21H43N5O11. The highest BCUT2D eigenvalue weighted by Crippen LogP contribution is 2.31. The summed E-state index contributed by atoms with van der Waals surface area (Å²) in [4.78, 5) is 0. The van der Waals surface area contributed by atoms with E-state index in [0.717, 1.165) is 0 Å². The van der Waals surface area contributed by atoms with Crippen LogP contribution in [-0.4, -0.2) is 148 Å². The molecule has 2 saturated heterocycles. The second-order valence-electron chi connectivity index (χ2n) is 9.97. The van der Waals surface area contributed by atoms with E-state index in [4.69, 9.17) is 52.4 Å². The fourth-order valence-corrected chi connectivity index (χ4v) is 4.86. The molecule has 3 fully saturated rings. The molecule has 1 saturated carbocycles. The molecule has 16 nitrogen and oxygen atoms in total. The lowest BCUT2D eigenvalue weighted by Gasteiger charge is -2.48. The Morgan fingerprint density at radius 2 is 1.38 bits per heavy atom.